The Kier molecular flexibility index (Phi) is 8.87. The van der Waals surface area contributed by atoms with Gasteiger partial charge in [-0.25, -0.2) is 0 Å². The van der Waals surface area contributed by atoms with Crippen molar-refractivity contribution in [3.63, 3.8) is 0 Å². The molecule has 0 heterocycles. The molecule has 0 radical (unpaired) electrons. The second-order valence-electron chi connectivity index (χ2n) is 8.33. The van der Waals surface area contributed by atoms with E-state index in [1.807, 2.05) is 42.5 Å². The van der Waals surface area contributed by atoms with Crippen molar-refractivity contribution < 1.29 is 14.3 Å². The highest BCUT2D eigenvalue weighted by atomic mass is 16.5. The predicted octanol–water partition coefficient (Wildman–Crippen LogP) is 5.11. The van der Waals surface area contributed by atoms with E-state index in [4.69, 9.17) is 4.74 Å². The van der Waals surface area contributed by atoms with Crippen molar-refractivity contribution >= 4 is 22.6 Å². The number of carbonyl (C=O) groups is 2. The number of benzene rings is 3. The van der Waals surface area contributed by atoms with Crippen LogP contribution >= 0.6 is 0 Å². The van der Waals surface area contributed by atoms with Crippen LogP contribution in [0.1, 0.15) is 44.2 Å². The molecule has 5 heteroatoms. The van der Waals surface area contributed by atoms with Gasteiger partial charge in [-0.15, -0.1) is 0 Å². The van der Waals surface area contributed by atoms with Crippen molar-refractivity contribution in [3.8, 4) is 5.75 Å². The summed E-state index contributed by atoms with van der Waals surface area (Å²) in [4.78, 5) is 27.9. The number of hydrogen-bond acceptors (Lipinski definition) is 3. The zero-order valence-electron chi connectivity index (χ0n) is 19.8. The Morgan fingerprint density at radius 2 is 1.79 bits per heavy atom. The van der Waals surface area contributed by atoms with Crippen molar-refractivity contribution in [2.24, 2.45) is 0 Å². The molecule has 1 N–H and O–H groups in total. The molecule has 0 spiro atoms. The third-order valence-electron chi connectivity index (χ3n) is 5.97. The molecular formula is C28H34N2O3. The van der Waals surface area contributed by atoms with Gasteiger partial charge in [-0.05, 0) is 53.8 Å². The summed E-state index contributed by atoms with van der Waals surface area (Å²) in [5.41, 5.74) is 2.07. The summed E-state index contributed by atoms with van der Waals surface area (Å²) in [7, 11) is 1.62. The smallest absolute Gasteiger partial charge is 0.242 e. The first kappa shape index (κ1) is 24.3. The van der Waals surface area contributed by atoms with Crippen molar-refractivity contribution in [1.82, 2.24) is 10.2 Å². The summed E-state index contributed by atoms with van der Waals surface area (Å²) in [6.07, 6.45) is 2.89. The van der Waals surface area contributed by atoms with Gasteiger partial charge in [0.05, 0.1) is 7.11 Å². The van der Waals surface area contributed by atoms with Crippen molar-refractivity contribution in [1.29, 1.82) is 0 Å². The maximum atomic E-state index is 13.4. The van der Waals surface area contributed by atoms with Crippen LogP contribution in [0, 0.1) is 0 Å². The third-order valence-corrected chi connectivity index (χ3v) is 5.97. The number of fused-ring (bicyclic) bond motifs is 1. The van der Waals surface area contributed by atoms with Crippen LogP contribution in [0.3, 0.4) is 0 Å². The number of nitrogens with one attached hydrogen (secondary N) is 1. The summed E-state index contributed by atoms with van der Waals surface area (Å²) in [6, 6.07) is 21.5. The van der Waals surface area contributed by atoms with Crippen LogP contribution in [-0.4, -0.2) is 36.4 Å². The van der Waals surface area contributed by atoms with Crippen LogP contribution in [0.15, 0.2) is 66.7 Å². The number of hydrogen-bond donors (Lipinski definition) is 1. The SMILES string of the molecule is CCCCNC(=O)[C@H](C)N(Cc1cccc(OC)c1)C(=O)CCc1cccc2ccccc12. The van der Waals surface area contributed by atoms with Crippen molar-refractivity contribution in [2.75, 3.05) is 13.7 Å². The number of nitrogens with zero attached hydrogens (tertiary/aromatic N) is 1. The first-order chi connectivity index (χ1) is 16.0. The Morgan fingerprint density at radius 3 is 2.58 bits per heavy atom. The van der Waals surface area contributed by atoms with Gasteiger partial charge < -0.3 is 15.0 Å². The normalized spacial score (nSPS) is 11.7. The fourth-order valence-electron chi connectivity index (χ4n) is 3.98. The summed E-state index contributed by atoms with van der Waals surface area (Å²) in [5.74, 6) is 0.574. The first-order valence-electron chi connectivity index (χ1n) is 11.7. The number of ether oxygens (including phenoxy) is 1. The second kappa shape index (κ2) is 12.0. The van der Waals surface area contributed by atoms with Crippen molar-refractivity contribution in [2.45, 2.75) is 52.1 Å². The minimum atomic E-state index is -0.562. The van der Waals surface area contributed by atoms with E-state index in [1.54, 1.807) is 18.9 Å². The van der Waals surface area contributed by atoms with Crippen LogP contribution < -0.4 is 10.1 Å². The molecule has 174 valence electrons. The van der Waals surface area contributed by atoms with Gasteiger partial charge in [0.1, 0.15) is 11.8 Å². The van der Waals surface area contributed by atoms with Crippen LogP contribution in [0.25, 0.3) is 10.8 Å². The highest BCUT2D eigenvalue weighted by molar-refractivity contribution is 5.88. The molecule has 5 nitrogen and oxygen atoms in total. The Morgan fingerprint density at radius 1 is 1.03 bits per heavy atom. The standard InChI is InChI=1S/C28H34N2O3/c1-4-5-18-29-28(32)21(2)30(20-22-10-8-14-25(19-22)33-3)27(31)17-16-24-13-9-12-23-11-6-7-15-26(23)24/h6-15,19,21H,4-5,16-18,20H2,1-3H3,(H,29,32)/t21-/m0/s1. The zero-order chi connectivity index (χ0) is 23.6. The average Bonchev–Trinajstić information content (AvgIpc) is 2.85. The summed E-state index contributed by atoms with van der Waals surface area (Å²) >= 11 is 0. The van der Waals surface area contributed by atoms with E-state index in [0.717, 1.165) is 35.1 Å². The van der Waals surface area contributed by atoms with Gasteiger partial charge in [-0.1, -0.05) is 67.9 Å². The molecule has 0 aliphatic carbocycles. The fourth-order valence-corrected chi connectivity index (χ4v) is 3.98. The maximum absolute atomic E-state index is 13.4. The topological polar surface area (TPSA) is 58.6 Å². The van der Waals surface area contributed by atoms with Gasteiger partial charge in [-0.3, -0.25) is 9.59 Å². The first-order valence-corrected chi connectivity index (χ1v) is 11.7. The predicted molar refractivity (Wildman–Crippen MR) is 133 cm³/mol. The molecule has 0 bridgehead atoms. The van der Waals surface area contributed by atoms with Crippen LogP contribution in [0.5, 0.6) is 5.75 Å². The fraction of sp³-hybridized carbons (Fsp3) is 0.357. The molecule has 2 amide bonds. The van der Waals surface area contributed by atoms with E-state index in [9.17, 15) is 9.59 Å². The van der Waals surface area contributed by atoms with E-state index in [-0.39, 0.29) is 11.8 Å². The molecule has 33 heavy (non-hydrogen) atoms. The number of unbranched alkanes of at least 4 members (excludes halogenated alkanes) is 1. The quantitative estimate of drug-likeness (QED) is 0.416. The Labute approximate surface area is 196 Å². The molecule has 0 aliphatic heterocycles. The second-order valence-corrected chi connectivity index (χ2v) is 8.33. The minimum absolute atomic E-state index is 0.0381. The lowest BCUT2D eigenvalue weighted by molar-refractivity contribution is -0.140. The van der Waals surface area contributed by atoms with Gasteiger partial charge in [-0.2, -0.15) is 0 Å². The Bertz CT molecular complexity index is 1070. The van der Waals surface area contributed by atoms with Gasteiger partial charge in [0, 0.05) is 19.5 Å². The lowest BCUT2D eigenvalue weighted by Crippen LogP contribution is -2.47. The van der Waals surface area contributed by atoms with Crippen molar-refractivity contribution in [3.05, 3.63) is 77.9 Å². The van der Waals surface area contributed by atoms with Crippen LogP contribution in [0.2, 0.25) is 0 Å². The van der Waals surface area contributed by atoms with E-state index >= 15 is 0 Å². The minimum Gasteiger partial charge on any atom is -0.497 e. The molecule has 0 saturated heterocycles. The number of aryl methyl sites for hydroxylation is 1. The lowest BCUT2D eigenvalue weighted by atomic mass is 10.0. The van der Waals surface area contributed by atoms with Crippen LogP contribution in [-0.2, 0) is 22.6 Å². The highest BCUT2D eigenvalue weighted by Gasteiger charge is 2.26. The molecule has 3 rings (SSSR count). The Balaban J connectivity index is 1.77. The van der Waals surface area contributed by atoms with E-state index in [1.165, 1.54) is 5.39 Å². The molecular weight excluding hydrogens is 412 g/mol. The highest BCUT2D eigenvalue weighted by Crippen LogP contribution is 2.21. The molecule has 3 aromatic carbocycles. The van der Waals surface area contributed by atoms with Gasteiger partial charge >= 0.3 is 0 Å². The number of methoxy groups -OCH3 is 1. The molecule has 0 unspecified atom stereocenters. The Hall–Kier alpha value is -3.34. The number of carbonyl (C=O) groups excluding carboxylic acids is 2. The van der Waals surface area contributed by atoms with Gasteiger partial charge in [0.15, 0.2) is 0 Å². The monoisotopic (exact) mass is 446 g/mol. The number of rotatable bonds is 11. The molecule has 3 aromatic rings. The van der Waals surface area contributed by atoms with Gasteiger partial charge in [0.25, 0.3) is 0 Å². The summed E-state index contributed by atoms with van der Waals surface area (Å²) < 4.78 is 5.33. The third kappa shape index (κ3) is 6.58. The van der Waals surface area contributed by atoms with Gasteiger partial charge in [0.2, 0.25) is 11.8 Å². The van der Waals surface area contributed by atoms with E-state index in [2.05, 4.69) is 36.5 Å². The summed E-state index contributed by atoms with van der Waals surface area (Å²) in [5, 5.41) is 5.30. The molecule has 0 aliphatic rings. The lowest BCUT2D eigenvalue weighted by Gasteiger charge is -2.29. The largest absolute Gasteiger partial charge is 0.497 e. The average molecular weight is 447 g/mol. The number of amides is 2. The summed E-state index contributed by atoms with van der Waals surface area (Å²) in [6.45, 7) is 4.86. The maximum Gasteiger partial charge on any atom is 0.242 e. The zero-order valence-corrected chi connectivity index (χ0v) is 19.8. The van der Waals surface area contributed by atoms with E-state index < -0.39 is 6.04 Å². The van der Waals surface area contributed by atoms with E-state index in [0.29, 0.717) is 25.9 Å². The molecule has 1 atom stereocenters. The molecule has 0 fully saturated rings. The molecule has 0 saturated carbocycles. The molecule has 0 aromatic heterocycles. The van der Waals surface area contributed by atoms with Crippen LogP contribution in [0.4, 0.5) is 0 Å².